The quantitative estimate of drug-likeness (QED) is 0.638. The molecule has 23 heavy (non-hydrogen) atoms. The molecule has 0 amide bonds. The Balaban J connectivity index is 2.16. The van der Waals surface area contributed by atoms with Gasteiger partial charge in [0, 0.05) is 13.0 Å². The van der Waals surface area contributed by atoms with Gasteiger partial charge in [0.2, 0.25) is 0 Å². The SMILES string of the molecule is COC(=O)/C=C/[C@@H]1CC[C@@]2(C)CC[C@@H](OC(C)=O)[C@@](C)(O)[C@@H]2C1. The number of hydrogen-bond donors (Lipinski definition) is 1. The van der Waals surface area contributed by atoms with Crippen molar-refractivity contribution in [3.63, 3.8) is 0 Å². The van der Waals surface area contributed by atoms with Crippen molar-refractivity contribution in [2.24, 2.45) is 17.3 Å². The van der Waals surface area contributed by atoms with E-state index in [0.29, 0.717) is 6.42 Å². The molecule has 2 aliphatic rings. The number of hydrogen-bond acceptors (Lipinski definition) is 5. The van der Waals surface area contributed by atoms with Crippen LogP contribution in [0.15, 0.2) is 12.2 Å². The average Bonchev–Trinajstić information content (AvgIpc) is 2.48. The highest BCUT2D eigenvalue weighted by molar-refractivity contribution is 5.81. The Morgan fingerprint density at radius 1 is 1.22 bits per heavy atom. The van der Waals surface area contributed by atoms with Crippen LogP contribution in [0.3, 0.4) is 0 Å². The van der Waals surface area contributed by atoms with Crippen molar-refractivity contribution < 1.29 is 24.2 Å². The normalized spacial score (nSPS) is 40.5. The highest BCUT2D eigenvalue weighted by Crippen LogP contribution is 2.56. The minimum absolute atomic E-state index is 0.0362. The number of esters is 2. The van der Waals surface area contributed by atoms with E-state index in [2.05, 4.69) is 11.7 Å². The molecule has 0 saturated heterocycles. The van der Waals surface area contributed by atoms with E-state index < -0.39 is 11.7 Å². The molecule has 0 aromatic heterocycles. The van der Waals surface area contributed by atoms with Crippen molar-refractivity contribution in [2.75, 3.05) is 7.11 Å². The first-order valence-corrected chi connectivity index (χ1v) is 8.35. The zero-order valence-electron chi connectivity index (χ0n) is 14.5. The molecule has 0 aromatic rings. The van der Waals surface area contributed by atoms with E-state index in [1.807, 2.05) is 6.08 Å². The molecular formula is C18H28O5. The summed E-state index contributed by atoms with van der Waals surface area (Å²) in [6, 6.07) is 0. The van der Waals surface area contributed by atoms with E-state index in [4.69, 9.17) is 4.74 Å². The molecule has 0 aromatic carbocycles. The number of fused-ring (bicyclic) bond motifs is 1. The van der Waals surface area contributed by atoms with Gasteiger partial charge in [-0.1, -0.05) is 13.0 Å². The van der Waals surface area contributed by atoms with Crippen LogP contribution in [0.5, 0.6) is 0 Å². The molecule has 0 heterocycles. The van der Waals surface area contributed by atoms with Crippen LogP contribution >= 0.6 is 0 Å². The largest absolute Gasteiger partial charge is 0.466 e. The summed E-state index contributed by atoms with van der Waals surface area (Å²) < 4.78 is 10.0. The predicted octanol–water partition coefficient (Wildman–Crippen LogP) is 2.61. The molecule has 0 aliphatic heterocycles. The Kier molecular flexibility index (Phi) is 5.19. The monoisotopic (exact) mass is 324 g/mol. The van der Waals surface area contributed by atoms with Crippen molar-refractivity contribution in [2.45, 2.75) is 64.6 Å². The Bertz CT molecular complexity index is 496. The summed E-state index contributed by atoms with van der Waals surface area (Å²) in [6.45, 7) is 5.39. The minimum Gasteiger partial charge on any atom is -0.466 e. The fraction of sp³-hybridized carbons (Fsp3) is 0.778. The second kappa shape index (κ2) is 6.63. The fourth-order valence-electron chi connectivity index (χ4n) is 4.45. The van der Waals surface area contributed by atoms with Crippen molar-refractivity contribution in [3.8, 4) is 0 Å². The van der Waals surface area contributed by atoms with Crippen LogP contribution in [0, 0.1) is 17.3 Å². The number of carbonyl (C=O) groups excluding carboxylic acids is 2. The lowest BCUT2D eigenvalue weighted by Gasteiger charge is -2.56. The Hall–Kier alpha value is -1.36. The van der Waals surface area contributed by atoms with Gasteiger partial charge < -0.3 is 14.6 Å². The van der Waals surface area contributed by atoms with E-state index in [1.54, 1.807) is 6.92 Å². The van der Waals surface area contributed by atoms with Gasteiger partial charge in [0.15, 0.2) is 0 Å². The van der Waals surface area contributed by atoms with E-state index in [9.17, 15) is 14.7 Å². The van der Waals surface area contributed by atoms with Crippen LogP contribution in [0.4, 0.5) is 0 Å². The van der Waals surface area contributed by atoms with E-state index in [1.165, 1.54) is 20.1 Å². The fourth-order valence-corrected chi connectivity index (χ4v) is 4.45. The molecule has 0 radical (unpaired) electrons. The molecule has 5 heteroatoms. The average molecular weight is 324 g/mol. The summed E-state index contributed by atoms with van der Waals surface area (Å²) in [6.07, 6.45) is 7.31. The van der Waals surface area contributed by atoms with Gasteiger partial charge in [0.1, 0.15) is 11.7 Å². The Morgan fingerprint density at radius 3 is 2.48 bits per heavy atom. The third-order valence-electron chi connectivity index (χ3n) is 5.81. The molecular weight excluding hydrogens is 296 g/mol. The van der Waals surface area contributed by atoms with Crippen molar-refractivity contribution in [3.05, 3.63) is 12.2 Å². The lowest BCUT2D eigenvalue weighted by molar-refractivity contribution is -0.203. The minimum atomic E-state index is -1.05. The van der Waals surface area contributed by atoms with Crippen LogP contribution in [0.25, 0.3) is 0 Å². The maximum Gasteiger partial charge on any atom is 0.330 e. The summed E-state index contributed by atoms with van der Waals surface area (Å²) in [5.74, 6) is -0.438. The lowest BCUT2D eigenvalue weighted by Crippen LogP contribution is -2.59. The lowest BCUT2D eigenvalue weighted by atomic mass is 9.53. The van der Waals surface area contributed by atoms with E-state index >= 15 is 0 Å². The zero-order chi connectivity index (χ0) is 17.3. The maximum absolute atomic E-state index is 11.3. The second-order valence-electron chi connectivity index (χ2n) is 7.49. The smallest absolute Gasteiger partial charge is 0.330 e. The number of methoxy groups -OCH3 is 1. The first-order valence-electron chi connectivity index (χ1n) is 8.35. The number of rotatable bonds is 3. The van der Waals surface area contributed by atoms with Gasteiger partial charge >= 0.3 is 11.9 Å². The van der Waals surface area contributed by atoms with Gasteiger partial charge in [-0.3, -0.25) is 4.79 Å². The van der Waals surface area contributed by atoms with Gasteiger partial charge in [-0.05, 0) is 56.3 Å². The summed E-state index contributed by atoms with van der Waals surface area (Å²) in [5.41, 5.74) is -0.994. The zero-order valence-corrected chi connectivity index (χ0v) is 14.5. The molecule has 0 unspecified atom stereocenters. The molecule has 5 atom stereocenters. The second-order valence-corrected chi connectivity index (χ2v) is 7.49. The number of carbonyl (C=O) groups is 2. The van der Waals surface area contributed by atoms with Crippen molar-refractivity contribution >= 4 is 11.9 Å². The molecule has 0 spiro atoms. The third kappa shape index (κ3) is 3.77. The van der Waals surface area contributed by atoms with Gasteiger partial charge in [-0.15, -0.1) is 0 Å². The molecule has 2 saturated carbocycles. The Labute approximate surface area is 138 Å². The first kappa shape index (κ1) is 18.0. The Morgan fingerprint density at radius 2 is 1.87 bits per heavy atom. The number of aliphatic hydroxyl groups is 1. The van der Waals surface area contributed by atoms with Crippen molar-refractivity contribution in [1.29, 1.82) is 0 Å². The van der Waals surface area contributed by atoms with Crippen LogP contribution in [-0.4, -0.2) is 35.9 Å². The summed E-state index contributed by atoms with van der Waals surface area (Å²) in [4.78, 5) is 22.6. The number of ether oxygens (including phenoxy) is 2. The van der Waals surface area contributed by atoms with E-state index in [-0.39, 0.29) is 29.2 Å². The summed E-state index contributed by atoms with van der Waals surface area (Å²) in [7, 11) is 1.36. The standard InChI is InChI=1S/C18H28O5/c1-12(19)23-15-8-10-17(2)9-7-13(5-6-16(20)22-4)11-14(17)18(15,3)21/h5-6,13-15,21H,7-11H2,1-4H3/b6-5+/t13-,14-,15-,17+,18+/m1/s1. The molecule has 2 aliphatic carbocycles. The van der Waals surface area contributed by atoms with Gasteiger partial charge in [-0.25, -0.2) is 4.79 Å². The number of allylic oxidation sites excluding steroid dienone is 1. The summed E-state index contributed by atoms with van der Waals surface area (Å²) >= 11 is 0. The van der Waals surface area contributed by atoms with Gasteiger partial charge in [0.05, 0.1) is 7.11 Å². The predicted molar refractivity (Wildman–Crippen MR) is 85.5 cm³/mol. The van der Waals surface area contributed by atoms with Gasteiger partial charge in [-0.2, -0.15) is 0 Å². The highest BCUT2D eigenvalue weighted by atomic mass is 16.6. The molecule has 2 rings (SSSR count). The van der Waals surface area contributed by atoms with Crippen LogP contribution < -0.4 is 0 Å². The molecule has 0 bridgehead atoms. The van der Waals surface area contributed by atoms with Crippen LogP contribution in [0.1, 0.15) is 52.9 Å². The van der Waals surface area contributed by atoms with Crippen molar-refractivity contribution in [1.82, 2.24) is 0 Å². The topological polar surface area (TPSA) is 72.8 Å². The third-order valence-corrected chi connectivity index (χ3v) is 5.81. The van der Waals surface area contributed by atoms with Crippen LogP contribution in [-0.2, 0) is 19.1 Å². The summed E-state index contributed by atoms with van der Waals surface area (Å²) in [5, 5.41) is 11.1. The highest BCUT2D eigenvalue weighted by Gasteiger charge is 2.55. The molecule has 1 N–H and O–H groups in total. The van der Waals surface area contributed by atoms with Gasteiger partial charge in [0.25, 0.3) is 0 Å². The molecule has 130 valence electrons. The molecule has 2 fully saturated rings. The maximum atomic E-state index is 11.3. The first-order chi connectivity index (χ1) is 10.7. The molecule has 5 nitrogen and oxygen atoms in total. The van der Waals surface area contributed by atoms with E-state index in [0.717, 1.165) is 25.7 Å². The van der Waals surface area contributed by atoms with Crippen LogP contribution in [0.2, 0.25) is 0 Å².